The quantitative estimate of drug-likeness (QED) is 0.544. The molecular weight excluding hydrogens is 464 g/mol. The van der Waals surface area contributed by atoms with Crippen molar-refractivity contribution in [3.8, 4) is 0 Å². The summed E-state index contributed by atoms with van der Waals surface area (Å²) in [6.07, 6.45) is -1.57. The zero-order valence-electron chi connectivity index (χ0n) is 23.7. The predicted molar refractivity (Wildman–Crippen MR) is 136 cm³/mol. The molecule has 0 aromatic carbocycles. The van der Waals surface area contributed by atoms with Gasteiger partial charge in [-0.25, -0.2) is 0 Å². The number of hydrogen-bond acceptors (Lipinski definition) is 8. The minimum atomic E-state index is -1.38. The van der Waals surface area contributed by atoms with Crippen LogP contribution in [0.15, 0.2) is 0 Å². The number of carbonyl (C=O) groups is 2. The molecule has 0 unspecified atom stereocenters. The number of rotatable bonds is 4. The highest BCUT2D eigenvalue weighted by Crippen LogP contribution is 2.36. The van der Waals surface area contributed by atoms with E-state index in [0.29, 0.717) is 25.2 Å². The van der Waals surface area contributed by atoms with Gasteiger partial charge in [-0.2, -0.15) is 0 Å². The van der Waals surface area contributed by atoms with Crippen molar-refractivity contribution in [3.05, 3.63) is 0 Å². The maximum atomic E-state index is 13.3. The number of aliphatic hydroxyl groups is 2. The Morgan fingerprint density at radius 3 is 2.17 bits per heavy atom. The highest BCUT2D eigenvalue weighted by molar-refractivity contribution is 5.83. The molecule has 8 heteroatoms. The molecule has 0 saturated carbocycles. The fourth-order valence-corrected chi connectivity index (χ4v) is 6.08. The van der Waals surface area contributed by atoms with Gasteiger partial charge in [0.2, 0.25) is 0 Å². The zero-order valence-corrected chi connectivity index (χ0v) is 23.7. The topological polar surface area (TPSA) is 112 Å². The van der Waals surface area contributed by atoms with Gasteiger partial charge >= 0.3 is 5.97 Å². The maximum absolute atomic E-state index is 13.3. The van der Waals surface area contributed by atoms with E-state index in [2.05, 4.69) is 6.92 Å². The summed E-state index contributed by atoms with van der Waals surface area (Å²) in [5.41, 5.74) is -0.660. The number of ether oxygens (including phenoxy) is 4. The molecule has 0 spiro atoms. The van der Waals surface area contributed by atoms with Crippen molar-refractivity contribution < 1.29 is 38.7 Å². The van der Waals surface area contributed by atoms with E-state index < -0.39 is 60.0 Å². The van der Waals surface area contributed by atoms with Crippen molar-refractivity contribution in [1.29, 1.82) is 0 Å². The van der Waals surface area contributed by atoms with Crippen LogP contribution in [0.2, 0.25) is 0 Å². The van der Waals surface area contributed by atoms with Crippen LogP contribution in [0.3, 0.4) is 0 Å². The number of carbonyl (C=O) groups excluding carboxylic acids is 2. The van der Waals surface area contributed by atoms with Gasteiger partial charge < -0.3 is 29.2 Å². The molecule has 0 amide bonds. The smallest absolute Gasteiger partial charge is 0.311 e. The van der Waals surface area contributed by atoms with E-state index in [4.69, 9.17) is 18.9 Å². The van der Waals surface area contributed by atoms with E-state index >= 15 is 0 Å². The number of ketones is 1. The van der Waals surface area contributed by atoms with Crippen LogP contribution in [0, 0.1) is 29.6 Å². The molecule has 0 aliphatic carbocycles. The van der Waals surface area contributed by atoms with Crippen molar-refractivity contribution in [3.63, 3.8) is 0 Å². The fraction of sp³-hybridized carbons (Fsp3) is 0.929. The monoisotopic (exact) mass is 514 g/mol. The van der Waals surface area contributed by atoms with Gasteiger partial charge in [-0.15, -0.1) is 0 Å². The van der Waals surface area contributed by atoms with E-state index in [0.717, 1.165) is 12.8 Å². The third-order valence-electron chi connectivity index (χ3n) is 8.28. The molecule has 2 aliphatic heterocycles. The summed E-state index contributed by atoms with van der Waals surface area (Å²) in [5.74, 6) is -2.20. The summed E-state index contributed by atoms with van der Waals surface area (Å²) in [6, 6.07) is 0. The minimum Gasteiger partial charge on any atom is -0.459 e. The fourth-order valence-electron chi connectivity index (χ4n) is 6.08. The van der Waals surface area contributed by atoms with Gasteiger partial charge in [0, 0.05) is 25.4 Å². The second-order valence-electron chi connectivity index (χ2n) is 11.8. The SMILES string of the molecule is CC[C@H]1OC(=O)[C@H](C)[C@@H](O[C@H]2C[C@H](C)C[C@H](C)O2)[C@H](C)C[C@](C)(OC)C[C@@H](C)C(=O)[C@H](C)[C@@H](O)[C@@H]1O. The normalized spacial score (nSPS) is 46.1. The van der Waals surface area contributed by atoms with Crippen molar-refractivity contribution >= 4 is 11.8 Å². The van der Waals surface area contributed by atoms with Crippen LogP contribution in [0.25, 0.3) is 0 Å². The van der Waals surface area contributed by atoms with E-state index in [1.54, 1.807) is 27.9 Å². The Morgan fingerprint density at radius 1 is 0.972 bits per heavy atom. The lowest BCUT2D eigenvalue weighted by Crippen LogP contribution is -2.49. The molecule has 210 valence electrons. The first kappa shape index (κ1) is 31.2. The minimum absolute atomic E-state index is 0.0639. The lowest BCUT2D eigenvalue weighted by Gasteiger charge is -2.41. The molecule has 0 radical (unpaired) electrons. The van der Waals surface area contributed by atoms with E-state index in [9.17, 15) is 19.8 Å². The van der Waals surface area contributed by atoms with Gasteiger partial charge in [-0.3, -0.25) is 9.59 Å². The highest BCUT2D eigenvalue weighted by atomic mass is 16.7. The third kappa shape index (κ3) is 7.73. The number of esters is 1. The van der Waals surface area contributed by atoms with Crippen LogP contribution in [0.1, 0.15) is 87.5 Å². The average molecular weight is 515 g/mol. The van der Waals surface area contributed by atoms with Gasteiger partial charge in [0.05, 0.1) is 29.8 Å². The molecule has 2 fully saturated rings. The van der Waals surface area contributed by atoms with Gasteiger partial charge in [-0.1, -0.05) is 34.6 Å². The van der Waals surface area contributed by atoms with Crippen LogP contribution >= 0.6 is 0 Å². The number of Topliss-reactive ketones (excluding diaryl/α,β-unsaturated/α-hetero) is 1. The maximum Gasteiger partial charge on any atom is 0.311 e. The summed E-state index contributed by atoms with van der Waals surface area (Å²) in [7, 11) is 1.63. The van der Waals surface area contributed by atoms with Gasteiger partial charge in [0.15, 0.2) is 6.29 Å². The van der Waals surface area contributed by atoms with Crippen LogP contribution in [-0.4, -0.2) is 71.5 Å². The van der Waals surface area contributed by atoms with Crippen molar-refractivity contribution in [1.82, 2.24) is 0 Å². The number of cyclic esters (lactones) is 1. The Morgan fingerprint density at radius 2 is 1.61 bits per heavy atom. The first-order valence-electron chi connectivity index (χ1n) is 13.7. The standard InChI is InChI=1S/C28H50O8/c1-10-21-25(31)24(30)19(6)23(29)16(3)13-28(8,33-9)14-17(4)26(20(7)27(32)35-21)36-22-12-15(2)11-18(5)34-22/h15-22,24-26,30-31H,10-14H2,1-9H3/t15-,16-,17-,18+,19+,20-,21-,22+,24-,25-,26+,28-/m1/s1. The third-order valence-corrected chi connectivity index (χ3v) is 8.28. The van der Waals surface area contributed by atoms with Crippen LogP contribution in [0.5, 0.6) is 0 Å². The second kappa shape index (κ2) is 13.1. The molecule has 0 bridgehead atoms. The molecular formula is C28H50O8. The Labute approximate surface area is 217 Å². The van der Waals surface area contributed by atoms with Crippen molar-refractivity contribution in [2.75, 3.05) is 7.11 Å². The van der Waals surface area contributed by atoms with Crippen LogP contribution in [0.4, 0.5) is 0 Å². The molecule has 2 rings (SSSR count). The summed E-state index contributed by atoms with van der Waals surface area (Å²) < 4.78 is 24.2. The molecule has 0 aromatic rings. The average Bonchev–Trinajstić information content (AvgIpc) is 2.81. The lowest BCUT2D eigenvalue weighted by molar-refractivity contribution is -0.240. The zero-order chi connectivity index (χ0) is 27.4. The summed E-state index contributed by atoms with van der Waals surface area (Å²) in [6.45, 7) is 15.2. The Hall–Kier alpha value is -1.06. The van der Waals surface area contributed by atoms with Crippen molar-refractivity contribution in [2.24, 2.45) is 29.6 Å². The van der Waals surface area contributed by atoms with E-state index in [-0.39, 0.29) is 17.8 Å². The first-order valence-corrected chi connectivity index (χ1v) is 13.7. The molecule has 12 atom stereocenters. The largest absolute Gasteiger partial charge is 0.459 e. The molecule has 0 aromatic heterocycles. The molecule has 2 heterocycles. The van der Waals surface area contributed by atoms with Crippen molar-refractivity contribution in [2.45, 2.75) is 130 Å². The molecule has 2 N–H and O–H groups in total. The highest BCUT2D eigenvalue weighted by Gasteiger charge is 2.43. The Bertz CT molecular complexity index is 718. The molecule has 36 heavy (non-hydrogen) atoms. The predicted octanol–water partition coefficient (Wildman–Crippen LogP) is 3.89. The summed E-state index contributed by atoms with van der Waals surface area (Å²) in [5, 5.41) is 21.7. The summed E-state index contributed by atoms with van der Waals surface area (Å²) >= 11 is 0. The van der Waals surface area contributed by atoms with Gasteiger partial charge in [0.1, 0.15) is 18.0 Å². The summed E-state index contributed by atoms with van der Waals surface area (Å²) in [4.78, 5) is 26.5. The van der Waals surface area contributed by atoms with Gasteiger partial charge in [0.25, 0.3) is 0 Å². The number of aliphatic hydroxyl groups excluding tert-OH is 2. The first-order chi connectivity index (χ1) is 16.7. The number of hydrogen-bond donors (Lipinski definition) is 2. The Balaban J connectivity index is 2.43. The van der Waals surface area contributed by atoms with Crippen LogP contribution < -0.4 is 0 Å². The number of methoxy groups -OCH3 is 1. The second-order valence-corrected chi connectivity index (χ2v) is 11.8. The van der Waals surface area contributed by atoms with E-state index in [1.807, 2.05) is 27.7 Å². The van der Waals surface area contributed by atoms with Gasteiger partial charge in [-0.05, 0) is 58.3 Å². The lowest BCUT2D eigenvalue weighted by atomic mass is 9.77. The molecule has 2 aliphatic rings. The molecule has 8 nitrogen and oxygen atoms in total. The van der Waals surface area contributed by atoms with E-state index in [1.165, 1.54) is 0 Å². The molecule has 2 saturated heterocycles. The van der Waals surface area contributed by atoms with Crippen LogP contribution in [-0.2, 0) is 28.5 Å². The Kier molecular flexibility index (Phi) is 11.4.